The van der Waals surface area contributed by atoms with Crippen LogP contribution in [0.5, 0.6) is 0 Å². The highest BCUT2D eigenvalue weighted by atomic mass is 35.5. The smallest absolute Gasteiger partial charge is 0.333 e. The summed E-state index contributed by atoms with van der Waals surface area (Å²) in [5.74, 6) is -0.907. The van der Waals surface area contributed by atoms with E-state index in [1.807, 2.05) is 0 Å². The predicted octanol–water partition coefficient (Wildman–Crippen LogP) is 2.73. The molecule has 0 bridgehead atoms. The second-order valence-electron chi connectivity index (χ2n) is 5.34. The predicted molar refractivity (Wildman–Crippen MR) is 86.9 cm³/mol. The lowest BCUT2D eigenvalue weighted by Gasteiger charge is -2.27. The van der Waals surface area contributed by atoms with Gasteiger partial charge in [-0.2, -0.15) is 4.98 Å². The van der Waals surface area contributed by atoms with Gasteiger partial charge in [-0.1, -0.05) is 34.4 Å². The van der Waals surface area contributed by atoms with Crippen LogP contribution in [0.3, 0.4) is 0 Å². The number of carboxylic acid groups (broad SMARTS) is 1. The van der Waals surface area contributed by atoms with Crippen LogP contribution in [0.1, 0.15) is 30.6 Å². The molecule has 0 aliphatic heterocycles. The van der Waals surface area contributed by atoms with E-state index >= 15 is 0 Å². The summed E-state index contributed by atoms with van der Waals surface area (Å²) >= 11 is 11.8. The van der Waals surface area contributed by atoms with E-state index in [0.717, 1.165) is 0 Å². The molecule has 0 fully saturated rings. The van der Waals surface area contributed by atoms with Gasteiger partial charge >= 0.3 is 5.97 Å². The van der Waals surface area contributed by atoms with Crippen LogP contribution in [-0.2, 0) is 21.5 Å². The van der Waals surface area contributed by atoms with Crippen molar-refractivity contribution in [3.8, 4) is 0 Å². The summed E-state index contributed by atoms with van der Waals surface area (Å²) in [5.41, 5.74) is -1.33. The maximum atomic E-state index is 12.1. The molecule has 1 atom stereocenters. The summed E-state index contributed by atoms with van der Waals surface area (Å²) in [7, 11) is 0. The number of carbonyl (C=O) groups excluding carboxylic acids is 1. The van der Waals surface area contributed by atoms with Crippen molar-refractivity contribution in [2.45, 2.75) is 32.2 Å². The van der Waals surface area contributed by atoms with Crippen molar-refractivity contribution in [3.63, 3.8) is 0 Å². The van der Waals surface area contributed by atoms with E-state index in [0.29, 0.717) is 22.3 Å². The summed E-state index contributed by atoms with van der Waals surface area (Å²) in [6.45, 7) is 3.04. The van der Waals surface area contributed by atoms with Gasteiger partial charge in [0.05, 0.1) is 10.0 Å². The van der Waals surface area contributed by atoms with Gasteiger partial charge in [-0.15, -0.1) is 0 Å². The number of nitrogens with zero attached hydrogens (tertiary/aromatic N) is 2. The molecular weight excluding hydrogens is 357 g/mol. The number of rotatable bonds is 6. The Morgan fingerprint density at radius 3 is 2.58 bits per heavy atom. The monoisotopic (exact) mass is 371 g/mol. The first kappa shape index (κ1) is 18.2. The van der Waals surface area contributed by atoms with Crippen LogP contribution < -0.4 is 5.32 Å². The number of amides is 1. The minimum Gasteiger partial charge on any atom is -0.479 e. The van der Waals surface area contributed by atoms with E-state index in [4.69, 9.17) is 27.7 Å². The quantitative estimate of drug-likeness (QED) is 0.808. The fourth-order valence-electron chi connectivity index (χ4n) is 2.06. The SMILES string of the molecule is Cc1noc(CCC(=O)NC(C)(C(=O)O)c2ccc(Cl)c(Cl)c2)n1. The third kappa shape index (κ3) is 4.04. The summed E-state index contributed by atoms with van der Waals surface area (Å²) in [6.07, 6.45) is 0.218. The average molecular weight is 372 g/mol. The molecule has 0 saturated carbocycles. The maximum Gasteiger partial charge on any atom is 0.333 e. The van der Waals surface area contributed by atoms with Crippen molar-refractivity contribution in [3.05, 3.63) is 45.5 Å². The van der Waals surface area contributed by atoms with E-state index in [-0.39, 0.29) is 17.9 Å². The van der Waals surface area contributed by atoms with Gasteiger partial charge in [-0.25, -0.2) is 4.79 Å². The van der Waals surface area contributed by atoms with Gasteiger partial charge < -0.3 is 14.9 Å². The molecule has 1 aromatic heterocycles. The van der Waals surface area contributed by atoms with Crippen LogP contribution in [0.2, 0.25) is 10.0 Å². The summed E-state index contributed by atoms with van der Waals surface area (Å²) in [6, 6.07) is 4.40. The molecule has 2 aromatic rings. The van der Waals surface area contributed by atoms with Gasteiger partial charge in [0.1, 0.15) is 0 Å². The van der Waals surface area contributed by atoms with Crippen LogP contribution in [-0.4, -0.2) is 27.1 Å². The highest BCUT2D eigenvalue weighted by Crippen LogP contribution is 2.29. The van der Waals surface area contributed by atoms with Crippen LogP contribution in [0.15, 0.2) is 22.7 Å². The first-order valence-corrected chi connectivity index (χ1v) is 7.77. The molecule has 1 unspecified atom stereocenters. The molecule has 0 saturated heterocycles. The van der Waals surface area contributed by atoms with E-state index in [1.165, 1.54) is 25.1 Å². The Hall–Kier alpha value is -2.12. The van der Waals surface area contributed by atoms with Crippen molar-refractivity contribution < 1.29 is 19.2 Å². The minimum absolute atomic E-state index is 0.00578. The molecule has 24 heavy (non-hydrogen) atoms. The topological polar surface area (TPSA) is 105 Å². The fraction of sp³-hybridized carbons (Fsp3) is 0.333. The molecule has 128 valence electrons. The summed E-state index contributed by atoms with van der Waals surface area (Å²) in [5, 5.41) is 16.2. The van der Waals surface area contributed by atoms with E-state index in [2.05, 4.69) is 15.5 Å². The molecule has 1 heterocycles. The Morgan fingerprint density at radius 1 is 1.33 bits per heavy atom. The first-order valence-electron chi connectivity index (χ1n) is 7.01. The lowest BCUT2D eigenvalue weighted by atomic mass is 9.91. The van der Waals surface area contributed by atoms with Gasteiger partial charge in [0.25, 0.3) is 0 Å². The second kappa shape index (κ2) is 7.19. The molecule has 0 aliphatic carbocycles. The summed E-state index contributed by atoms with van der Waals surface area (Å²) in [4.78, 5) is 27.8. The minimum atomic E-state index is -1.64. The molecule has 7 nitrogen and oxygen atoms in total. The number of carboxylic acids is 1. The maximum absolute atomic E-state index is 12.1. The van der Waals surface area contributed by atoms with Gasteiger partial charge in [-0.3, -0.25) is 4.79 Å². The van der Waals surface area contributed by atoms with Crippen molar-refractivity contribution >= 4 is 35.1 Å². The van der Waals surface area contributed by atoms with Crippen molar-refractivity contribution in [1.29, 1.82) is 0 Å². The Balaban J connectivity index is 2.13. The molecule has 0 spiro atoms. The molecular formula is C15H15Cl2N3O4. The van der Waals surface area contributed by atoms with E-state index < -0.39 is 17.4 Å². The highest BCUT2D eigenvalue weighted by Gasteiger charge is 2.37. The van der Waals surface area contributed by atoms with Gasteiger partial charge in [0, 0.05) is 12.8 Å². The number of hydrogen-bond donors (Lipinski definition) is 2. The number of benzene rings is 1. The number of carbonyl (C=O) groups is 2. The van der Waals surface area contributed by atoms with Crippen molar-refractivity contribution in [2.75, 3.05) is 0 Å². The van der Waals surface area contributed by atoms with Crippen LogP contribution in [0.25, 0.3) is 0 Å². The number of hydrogen-bond acceptors (Lipinski definition) is 5. The van der Waals surface area contributed by atoms with Crippen LogP contribution in [0, 0.1) is 6.92 Å². The normalized spacial score (nSPS) is 13.3. The van der Waals surface area contributed by atoms with E-state index in [9.17, 15) is 14.7 Å². The third-order valence-electron chi connectivity index (χ3n) is 3.45. The van der Waals surface area contributed by atoms with Gasteiger partial charge in [0.15, 0.2) is 11.4 Å². The van der Waals surface area contributed by atoms with Crippen molar-refractivity contribution in [1.82, 2.24) is 15.5 Å². The van der Waals surface area contributed by atoms with E-state index in [1.54, 1.807) is 6.92 Å². The fourth-order valence-corrected chi connectivity index (χ4v) is 2.36. The number of halogens is 2. The highest BCUT2D eigenvalue weighted by molar-refractivity contribution is 6.42. The number of aromatic nitrogens is 2. The second-order valence-corrected chi connectivity index (χ2v) is 6.16. The number of nitrogens with one attached hydrogen (secondary N) is 1. The number of aryl methyl sites for hydroxylation is 2. The molecule has 1 amide bonds. The Morgan fingerprint density at radius 2 is 2.04 bits per heavy atom. The zero-order valence-electron chi connectivity index (χ0n) is 13.0. The third-order valence-corrected chi connectivity index (χ3v) is 4.19. The van der Waals surface area contributed by atoms with Gasteiger partial charge in [0.2, 0.25) is 11.8 Å². The summed E-state index contributed by atoms with van der Waals surface area (Å²) < 4.78 is 4.92. The molecule has 0 aliphatic rings. The van der Waals surface area contributed by atoms with Crippen LogP contribution in [0.4, 0.5) is 0 Å². The lowest BCUT2D eigenvalue weighted by molar-refractivity contribution is -0.147. The van der Waals surface area contributed by atoms with Crippen molar-refractivity contribution in [2.24, 2.45) is 0 Å². The standard InChI is InChI=1S/C15H15Cl2N3O4/c1-8-18-13(24-20-8)6-5-12(21)19-15(2,14(22)23)9-3-4-10(16)11(17)7-9/h3-4,7H,5-6H2,1-2H3,(H,19,21)(H,22,23). The zero-order chi connectivity index (χ0) is 17.9. The molecule has 1 aromatic carbocycles. The molecule has 2 rings (SSSR count). The first-order chi connectivity index (χ1) is 11.2. The Bertz CT molecular complexity index is 778. The Kier molecular flexibility index (Phi) is 5.46. The molecule has 9 heteroatoms. The van der Waals surface area contributed by atoms with Crippen LogP contribution >= 0.6 is 23.2 Å². The lowest BCUT2D eigenvalue weighted by Crippen LogP contribution is -2.49. The average Bonchev–Trinajstić information content (AvgIpc) is 2.93. The largest absolute Gasteiger partial charge is 0.479 e. The molecule has 0 radical (unpaired) electrons. The Labute approximate surface area is 148 Å². The van der Waals surface area contributed by atoms with Gasteiger partial charge in [-0.05, 0) is 31.5 Å². The number of aliphatic carboxylic acids is 1. The zero-order valence-corrected chi connectivity index (χ0v) is 14.5. The molecule has 2 N–H and O–H groups in total.